The van der Waals surface area contributed by atoms with E-state index in [9.17, 15) is 4.79 Å². The van der Waals surface area contributed by atoms with Crippen molar-refractivity contribution in [1.82, 2.24) is 9.80 Å². The minimum Gasteiger partial charge on any atom is -0.497 e. The molecule has 1 aromatic rings. The SMILES string of the molecule is COc1cc(Cl)cc(C(=O)N2CCCCC2CCN2CCOCC2)c1. The van der Waals surface area contributed by atoms with Gasteiger partial charge in [0.1, 0.15) is 5.75 Å². The molecule has 2 heterocycles. The molecule has 5 nitrogen and oxygen atoms in total. The van der Waals surface area contributed by atoms with E-state index in [4.69, 9.17) is 21.1 Å². The quantitative estimate of drug-likeness (QED) is 0.803. The van der Waals surface area contributed by atoms with Crippen LogP contribution in [-0.4, -0.2) is 68.3 Å². The number of carbonyl (C=O) groups excluding carboxylic acids is 1. The number of morpholine rings is 1. The number of carbonyl (C=O) groups is 1. The highest BCUT2D eigenvalue weighted by molar-refractivity contribution is 6.31. The van der Waals surface area contributed by atoms with E-state index in [-0.39, 0.29) is 5.91 Å². The summed E-state index contributed by atoms with van der Waals surface area (Å²) in [6.45, 7) is 5.46. The zero-order valence-electron chi connectivity index (χ0n) is 14.9. The average Bonchev–Trinajstić information content (AvgIpc) is 2.66. The molecule has 0 aliphatic carbocycles. The molecular weight excluding hydrogens is 340 g/mol. The van der Waals surface area contributed by atoms with Crippen LogP contribution in [0.4, 0.5) is 0 Å². The Bertz CT molecular complexity index is 590. The van der Waals surface area contributed by atoms with E-state index >= 15 is 0 Å². The number of amides is 1. The highest BCUT2D eigenvalue weighted by Gasteiger charge is 2.28. The molecule has 2 aliphatic rings. The largest absolute Gasteiger partial charge is 0.497 e. The van der Waals surface area contributed by atoms with Crippen LogP contribution in [0.15, 0.2) is 18.2 Å². The molecule has 1 atom stereocenters. The van der Waals surface area contributed by atoms with Crippen molar-refractivity contribution in [2.24, 2.45) is 0 Å². The minimum absolute atomic E-state index is 0.0625. The molecule has 138 valence electrons. The summed E-state index contributed by atoms with van der Waals surface area (Å²) in [6.07, 6.45) is 4.35. The van der Waals surface area contributed by atoms with Gasteiger partial charge < -0.3 is 14.4 Å². The van der Waals surface area contributed by atoms with Gasteiger partial charge >= 0.3 is 0 Å². The van der Waals surface area contributed by atoms with Crippen LogP contribution in [-0.2, 0) is 4.74 Å². The Kier molecular flexibility index (Phi) is 6.57. The normalized spacial score (nSPS) is 22.0. The Labute approximate surface area is 154 Å². The molecule has 0 spiro atoms. The van der Waals surface area contributed by atoms with E-state index in [2.05, 4.69) is 4.90 Å². The summed E-state index contributed by atoms with van der Waals surface area (Å²) in [6, 6.07) is 5.54. The Morgan fingerprint density at radius 2 is 2.04 bits per heavy atom. The first kappa shape index (κ1) is 18.5. The number of rotatable bonds is 5. The van der Waals surface area contributed by atoms with E-state index in [0.29, 0.717) is 22.4 Å². The van der Waals surface area contributed by atoms with Gasteiger partial charge in [0.25, 0.3) is 5.91 Å². The third-order valence-electron chi connectivity index (χ3n) is 5.12. The van der Waals surface area contributed by atoms with Gasteiger partial charge in [-0.2, -0.15) is 0 Å². The second-order valence-electron chi connectivity index (χ2n) is 6.77. The summed E-state index contributed by atoms with van der Waals surface area (Å²) in [7, 11) is 1.59. The Balaban J connectivity index is 1.67. The lowest BCUT2D eigenvalue weighted by Crippen LogP contribution is -2.46. The van der Waals surface area contributed by atoms with Crippen molar-refractivity contribution in [1.29, 1.82) is 0 Å². The third-order valence-corrected chi connectivity index (χ3v) is 5.34. The second kappa shape index (κ2) is 8.88. The number of hydrogen-bond donors (Lipinski definition) is 0. The van der Waals surface area contributed by atoms with Crippen LogP contribution in [0.3, 0.4) is 0 Å². The van der Waals surface area contributed by atoms with Crippen LogP contribution in [0.5, 0.6) is 5.75 Å². The van der Waals surface area contributed by atoms with Crippen LogP contribution in [0.1, 0.15) is 36.0 Å². The van der Waals surface area contributed by atoms with Gasteiger partial charge in [0.05, 0.1) is 20.3 Å². The van der Waals surface area contributed by atoms with Crippen LogP contribution in [0.25, 0.3) is 0 Å². The van der Waals surface area contributed by atoms with E-state index in [1.54, 1.807) is 25.3 Å². The van der Waals surface area contributed by atoms with Gasteiger partial charge in [-0.15, -0.1) is 0 Å². The summed E-state index contributed by atoms with van der Waals surface area (Å²) in [5.41, 5.74) is 0.614. The van der Waals surface area contributed by atoms with Crippen molar-refractivity contribution in [3.05, 3.63) is 28.8 Å². The summed E-state index contributed by atoms with van der Waals surface area (Å²) < 4.78 is 10.7. The van der Waals surface area contributed by atoms with Crippen LogP contribution >= 0.6 is 11.6 Å². The smallest absolute Gasteiger partial charge is 0.254 e. The zero-order chi connectivity index (χ0) is 17.6. The number of methoxy groups -OCH3 is 1. The van der Waals surface area contributed by atoms with E-state index in [0.717, 1.165) is 58.7 Å². The topological polar surface area (TPSA) is 42.0 Å². The lowest BCUT2D eigenvalue weighted by molar-refractivity contribution is 0.0295. The molecule has 6 heteroatoms. The summed E-state index contributed by atoms with van der Waals surface area (Å²) in [5, 5.41) is 0.532. The van der Waals surface area contributed by atoms with Gasteiger partial charge in [-0.3, -0.25) is 9.69 Å². The van der Waals surface area contributed by atoms with Crippen molar-refractivity contribution in [2.75, 3.05) is 46.5 Å². The predicted octanol–water partition coefficient (Wildman–Crippen LogP) is 3.07. The molecule has 25 heavy (non-hydrogen) atoms. The molecule has 0 N–H and O–H groups in total. The van der Waals surface area contributed by atoms with Crippen molar-refractivity contribution in [3.63, 3.8) is 0 Å². The van der Waals surface area contributed by atoms with Crippen LogP contribution < -0.4 is 4.74 Å². The number of halogens is 1. The van der Waals surface area contributed by atoms with Gasteiger partial charge in [0.15, 0.2) is 0 Å². The first-order chi connectivity index (χ1) is 12.2. The number of benzene rings is 1. The fourth-order valence-electron chi connectivity index (χ4n) is 3.69. The molecule has 2 saturated heterocycles. The standard InChI is InChI=1S/C19H27ClN2O3/c1-24-18-13-15(12-16(20)14-18)19(23)22-6-3-2-4-17(22)5-7-21-8-10-25-11-9-21/h12-14,17H,2-11H2,1H3. The van der Waals surface area contributed by atoms with E-state index in [1.807, 2.05) is 4.90 Å². The van der Waals surface area contributed by atoms with E-state index in [1.165, 1.54) is 6.42 Å². The highest BCUT2D eigenvalue weighted by Crippen LogP contribution is 2.26. The molecule has 2 aliphatic heterocycles. The molecule has 0 radical (unpaired) electrons. The van der Waals surface area contributed by atoms with Crippen molar-refractivity contribution >= 4 is 17.5 Å². The molecule has 1 amide bonds. The molecular formula is C19H27ClN2O3. The summed E-state index contributed by atoms with van der Waals surface area (Å²) in [4.78, 5) is 17.5. The maximum absolute atomic E-state index is 13.1. The van der Waals surface area contributed by atoms with Crippen molar-refractivity contribution in [2.45, 2.75) is 31.7 Å². The first-order valence-electron chi connectivity index (χ1n) is 9.13. The Hall–Kier alpha value is -1.30. The van der Waals surface area contributed by atoms with Crippen molar-refractivity contribution < 1.29 is 14.3 Å². The lowest BCUT2D eigenvalue weighted by Gasteiger charge is -2.37. The number of hydrogen-bond acceptors (Lipinski definition) is 4. The van der Waals surface area contributed by atoms with Crippen LogP contribution in [0, 0.1) is 0 Å². The lowest BCUT2D eigenvalue weighted by atomic mass is 9.97. The Morgan fingerprint density at radius 3 is 2.80 bits per heavy atom. The number of likely N-dealkylation sites (tertiary alicyclic amines) is 1. The monoisotopic (exact) mass is 366 g/mol. The predicted molar refractivity (Wildman–Crippen MR) is 98.6 cm³/mol. The maximum Gasteiger partial charge on any atom is 0.254 e. The minimum atomic E-state index is 0.0625. The summed E-state index contributed by atoms with van der Waals surface area (Å²) >= 11 is 6.14. The van der Waals surface area contributed by atoms with Crippen molar-refractivity contribution in [3.8, 4) is 5.75 Å². The fourth-order valence-corrected chi connectivity index (χ4v) is 3.92. The van der Waals surface area contributed by atoms with Gasteiger partial charge in [0.2, 0.25) is 0 Å². The fraction of sp³-hybridized carbons (Fsp3) is 0.632. The van der Waals surface area contributed by atoms with Gasteiger partial charge in [0, 0.05) is 42.8 Å². The zero-order valence-corrected chi connectivity index (χ0v) is 15.6. The number of nitrogens with zero attached hydrogens (tertiary/aromatic N) is 2. The molecule has 1 unspecified atom stereocenters. The second-order valence-corrected chi connectivity index (χ2v) is 7.21. The molecule has 0 saturated carbocycles. The molecule has 2 fully saturated rings. The Morgan fingerprint density at radius 1 is 1.24 bits per heavy atom. The molecule has 0 bridgehead atoms. The summed E-state index contributed by atoms with van der Waals surface area (Å²) in [5.74, 6) is 0.685. The maximum atomic E-state index is 13.1. The van der Waals surface area contributed by atoms with E-state index < -0.39 is 0 Å². The highest BCUT2D eigenvalue weighted by atomic mass is 35.5. The van der Waals surface area contributed by atoms with Gasteiger partial charge in [-0.05, 0) is 43.9 Å². The number of ether oxygens (including phenoxy) is 2. The van der Waals surface area contributed by atoms with Gasteiger partial charge in [-0.1, -0.05) is 11.6 Å². The van der Waals surface area contributed by atoms with Gasteiger partial charge in [-0.25, -0.2) is 0 Å². The molecule has 1 aromatic carbocycles. The number of piperidine rings is 1. The molecule has 0 aromatic heterocycles. The molecule has 3 rings (SSSR count). The third kappa shape index (κ3) is 4.87. The van der Waals surface area contributed by atoms with Crippen LogP contribution in [0.2, 0.25) is 5.02 Å². The first-order valence-corrected chi connectivity index (χ1v) is 9.51. The average molecular weight is 367 g/mol.